The number of oxazole rings is 1. The van der Waals surface area contributed by atoms with Crippen LogP contribution < -0.4 is 0 Å². The van der Waals surface area contributed by atoms with Gasteiger partial charge in [-0.05, 0) is 12.1 Å². The SMILES string of the molecule is OCc1cnc(Sc2nc3ccccc3o2)nc1. The fourth-order valence-corrected chi connectivity index (χ4v) is 2.09. The summed E-state index contributed by atoms with van der Waals surface area (Å²) < 4.78 is 5.55. The molecule has 18 heavy (non-hydrogen) atoms. The number of aromatic nitrogens is 3. The third-order valence-electron chi connectivity index (χ3n) is 2.32. The van der Waals surface area contributed by atoms with Crippen LogP contribution in [0, 0.1) is 0 Å². The Balaban J connectivity index is 1.86. The van der Waals surface area contributed by atoms with Gasteiger partial charge in [0.2, 0.25) is 0 Å². The lowest BCUT2D eigenvalue weighted by atomic mass is 10.3. The van der Waals surface area contributed by atoms with Crippen molar-refractivity contribution in [3.05, 3.63) is 42.2 Å². The summed E-state index contributed by atoms with van der Waals surface area (Å²) in [7, 11) is 0. The lowest BCUT2D eigenvalue weighted by molar-refractivity contribution is 0.280. The zero-order valence-electron chi connectivity index (χ0n) is 9.28. The molecule has 6 heteroatoms. The number of para-hydroxylation sites is 2. The minimum Gasteiger partial charge on any atom is -0.431 e. The summed E-state index contributed by atoms with van der Waals surface area (Å²) in [6, 6.07) is 7.56. The minimum atomic E-state index is -0.0617. The van der Waals surface area contributed by atoms with Crippen molar-refractivity contribution >= 4 is 22.9 Å². The van der Waals surface area contributed by atoms with Gasteiger partial charge >= 0.3 is 0 Å². The number of hydrogen-bond acceptors (Lipinski definition) is 6. The van der Waals surface area contributed by atoms with Gasteiger partial charge in [-0.3, -0.25) is 0 Å². The van der Waals surface area contributed by atoms with Gasteiger partial charge in [0.1, 0.15) is 5.52 Å². The van der Waals surface area contributed by atoms with E-state index in [-0.39, 0.29) is 6.61 Å². The molecule has 0 fully saturated rings. The number of aliphatic hydroxyl groups is 1. The Labute approximate surface area is 107 Å². The van der Waals surface area contributed by atoms with Crippen LogP contribution in [0.4, 0.5) is 0 Å². The fourth-order valence-electron chi connectivity index (χ4n) is 1.45. The van der Waals surface area contributed by atoms with Crippen LogP contribution >= 0.6 is 11.8 Å². The second kappa shape index (κ2) is 4.75. The predicted octanol–water partition coefficient (Wildman–Crippen LogP) is 2.26. The molecule has 0 atom stereocenters. The van der Waals surface area contributed by atoms with Crippen molar-refractivity contribution in [3.63, 3.8) is 0 Å². The molecule has 0 amide bonds. The van der Waals surface area contributed by atoms with Gasteiger partial charge in [-0.15, -0.1) is 0 Å². The summed E-state index contributed by atoms with van der Waals surface area (Å²) in [6.45, 7) is -0.0617. The smallest absolute Gasteiger partial charge is 0.264 e. The minimum absolute atomic E-state index is 0.0617. The first kappa shape index (κ1) is 11.2. The van der Waals surface area contributed by atoms with Gasteiger partial charge in [-0.1, -0.05) is 12.1 Å². The van der Waals surface area contributed by atoms with E-state index in [1.807, 2.05) is 24.3 Å². The Hall–Kier alpha value is -1.92. The number of hydrogen-bond donors (Lipinski definition) is 1. The molecule has 0 aliphatic carbocycles. The first-order valence-electron chi connectivity index (χ1n) is 5.30. The van der Waals surface area contributed by atoms with Crippen LogP contribution in [-0.2, 0) is 6.61 Å². The molecular formula is C12H9N3O2S. The summed E-state index contributed by atoms with van der Waals surface area (Å²) in [4.78, 5) is 12.5. The average molecular weight is 259 g/mol. The van der Waals surface area contributed by atoms with E-state index in [2.05, 4.69) is 15.0 Å². The topological polar surface area (TPSA) is 72.0 Å². The number of fused-ring (bicyclic) bond motifs is 1. The van der Waals surface area contributed by atoms with E-state index in [4.69, 9.17) is 9.52 Å². The van der Waals surface area contributed by atoms with Crippen molar-refractivity contribution < 1.29 is 9.52 Å². The van der Waals surface area contributed by atoms with Gasteiger partial charge in [0.15, 0.2) is 10.7 Å². The molecule has 0 aliphatic rings. The fraction of sp³-hybridized carbons (Fsp3) is 0.0833. The second-order valence-corrected chi connectivity index (χ2v) is 4.50. The molecule has 0 spiro atoms. The van der Waals surface area contributed by atoms with E-state index in [9.17, 15) is 0 Å². The van der Waals surface area contributed by atoms with Crippen molar-refractivity contribution in [1.82, 2.24) is 15.0 Å². The van der Waals surface area contributed by atoms with Gasteiger partial charge in [0.05, 0.1) is 6.61 Å². The average Bonchev–Trinajstić information content (AvgIpc) is 2.82. The molecule has 90 valence electrons. The number of rotatable bonds is 3. The highest BCUT2D eigenvalue weighted by Gasteiger charge is 2.08. The molecule has 0 saturated carbocycles. The van der Waals surface area contributed by atoms with Crippen LogP contribution in [0.1, 0.15) is 5.56 Å². The maximum Gasteiger partial charge on any atom is 0.264 e. The Kier molecular flexibility index (Phi) is 2.95. The van der Waals surface area contributed by atoms with Gasteiger partial charge in [0.25, 0.3) is 5.22 Å². The predicted molar refractivity (Wildman–Crippen MR) is 66.1 cm³/mol. The van der Waals surface area contributed by atoms with E-state index in [0.29, 0.717) is 15.9 Å². The quantitative estimate of drug-likeness (QED) is 0.727. The van der Waals surface area contributed by atoms with Crippen LogP contribution in [0.5, 0.6) is 0 Å². The highest BCUT2D eigenvalue weighted by Crippen LogP contribution is 2.27. The maximum absolute atomic E-state index is 8.90. The standard InChI is InChI=1S/C12H9N3O2S/c16-7-8-5-13-11(14-6-8)18-12-15-9-3-1-2-4-10(9)17-12/h1-6,16H,7H2. The summed E-state index contributed by atoms with van der Waals surface area (Å²) in [5.41, 5.74) is 2.23. The molecule has 3 aromatic rings. The molecule has 1 N–H and O–H groups in total. The lowest BCUT2D eigenvalue weighted by Crippen LogP contribution is -1.90. The van der Waals surface area contributed by atoms with Gasteiger partial charge in [-0.2, -0.15) is 0 Å². The second-order valence-electron chi connectivity index (χ2n) is 3.58. The molecule has 0 aliphatic heterocycles. The molecule has 0 unspecified atom stereocenters. The first-order valence-corrected chi connectivity index (χ1v) is 6.12. The van der Waals surface area contributed by atoms with E-state index >= 15 is 0 Å². The van der Waals surface area contributed by atoms with Crippen molar-refractivity contribution in [2.45, 2.75) is 17.0 Å². The summed E-state index contributed by atoms with van der Waals surface area (Å²) in [5.74, 6) is 0. The van der Waals surface area contributed by atoms with E-state index in [1.54, 1.807) is 12.4 Å². The molecule has 0 radical (unpaired) electrons. The summed E-state index contributed by atoms with van der Waals surface area (Å²) >= 11 is 1.25. The molecule has 2 heterocycles. The zero-order valence-corrected chi connectivity index (χ0v) is 10.1. The van der Waals surface area contributed by atoms with Crippen LogP contribution in [0.15, 0.2) is 51.5 Å². The van der Waals surface area contributed by atoms with Crippen LogP contribution in [-0.4, -0.2) is 20.1 Å². The van der Waals surface area contributed by atoms with E-state index < -0.39 is 0 Å². The summed E-state index contributed by atoms with van der Waals surface area (Å²) in [5, 5.41) is 9.94. The highest BCUT2D eigenvalue weighted by atomic mass is 32.2. The first-order chi connectivity index (χ1) is 8.85. The monoisotopic (exact) mass is 259 g/mol. The van der Waals surface area contributed by atoms with Crippen LogP contribution in [0.25, 0.3) is 11.1 Å². The Morgan fingerprint density at radius 3 is 2.67 bits per heavy atom. The molecule has 5 nitrogen and oxygen atoms in total. The molecular weight excluding hydrogens is 250 g/mol. The lowest BCUT2D eigenvalue weighted by Gasteiger charge is -1.96. The zero-order chi connectivity index (χ0) is 12.4. The normalized spacial score (nSPS) is 10.9. The van der Waals surface area contributed by atoms with Gasteiger partial charge in [0, 0.05) is 29.7 Å². The van der Waals surface area contributed by atoms with Crippen molar-refractivity contribution in [1.29, 1.82) is 0 Å². The number of aliphatic hydroxyl groups excluding tert-OH is 1. The molecule has 2 aromatic heterocycles. The van der Waals surface area contributed by atoms with Crippen molar-refractivity contribution in [2.75, 3.05) is 0 Å². The Morgan fingerprint density at radius 2 is 1.94 bits per heavy atom. The van der Waals surface area contributed by atoms with Crippen molar-refractivity contribution in [3.8, 4) is 0 Å². The van der Waals surface area contributed by atoms with Gasteiger partial charge in [-0.25, -0.2) is 15.0 Å². The number of benzene rings is 1. The van der Waals surface area contributed by atoms with Gasteiger partial charge < -0.3 is 9.52 Å². The third kappa shape index (κ3) is 2.20. The maximum atomic E-state index is 8.90. The third-order valence-corrected chi connectivity index (χ3v) is 3.06. The Morgan fingerprint density at radius 1 is 1.17 bits per heavy atom. The Bertz CT molecular complexity index is 633. The number of nitrogens with zero attached hydrogens (tertiary/aromatic N) is 3. The van der Waals surface area contributed by atoms with E-state index in [0.717, 1.165) is 11.1 Å². The van der Waals surface area contributed by atoms with Crippen molar-refractivity contribution in [2.24, 2.45) is 0 Å². The molecule has 0 saturated heterocycles. The molecule has 1 aromatic carbocycles. The van der Waals surface area contributed by atoms with Crippen LogP contribution in [0.2, 0.25) is 0 Å². The van der Waals surface area contributed by atoms with Crippen LogP contribution in [0.3, 0.4) is 0 Å². The largest absolute Gasteiger partial charge is 0.431 e. The molecule has 3 rings (SSSR count). The highest BCUT2D eigenvalue weighted by molar-refractivity contribution is 7.98. The molecule has 0 bridgehead atoms. The summed E-state index contributed by atoms with van der Waals surface area (Å²) in [6.07, 6.45) is 3.16. The van der Waals surface area contributed by atoms with E-state index in [1.165, 1.54) is 11.8 Å².